The first-order chi connectivity index (χ1) is 10.6. The second-order valence-electron chi connectivity index (χ2n) is 6.00. The number of amides is 2. The lowest BCUT2D eigenvalue weighted by Gasteiger charge is -2.37. The summed E-state index contributed by atoms with van der Waals surface area (Å²) < 4.78 is 7.24. The zero-order valence-corrected chi connectivity index (χ0v) is 13.1. The summed E-state index contributed by atoms with van der Waals surface area (Å²) in [4.78, 5) is 28.3. The minimum absolute atomic E-state index is 0.0476. The topological polar surface area (TPSA) is 67.7 Å². The van der Waals surface area contributed by atoms with Crippen molar-refractivity contribution in [2.75, 3.05) is 31.1 Å². The normalized spacial score (nSPS) is 26.4. The molecule has 0 N–H and O–H groups in total. The maximum absolute atomic E-state index is 12.6. The molecule has 1 aromatic rings. The van der Waals surface area contributed by atoms with Crippen molar-refractivity contribution in [1.29, 1.82) is 0 Å². The quantitative estimate of drug-likeness (QED) is 0.794. The molecule has 120 valence electrons. The van der Waals surface area contributed by atoms with Crippen LogP contribution in [0.2, 0.25) is 0 Å². The van der Waals surface area contributed by atoms with Gasteiger partial charge in [-0.15, -0.1) is 0 Å². The van der Waals surface area contributed by atoms with Crippen LogP contribution in [0.15, 0.2) is 12.4 Å². The fourth-order valence-electron chi connectivity index (χ4n) is 3.16. The molecule has 2 saturated heterocycles. The third-order valence-electron chi connectivity index (χ3n) is 4.46. The molecule has 0 aliphatic carbocycles. The molecule has 0 spiro atoms. The number of hydrogen-bond donors (Lipinski definition) is 0. The summed E-state index contributed by atoms with van der Waals surface area (Å²) in [5.41, 5.74) is 0.786. The Bertz CT molecular complexity index is 571. The van der Waals surface area contributed by atoms with Gasteiger partial charge in [0.2, 0.25) is 11.8 Å². The first-order valence-corrected chi connectivity index (χ1v) is 7.75. The molecule has 1 aromatic heterocycles. The van der Waals surface area contributed by atoms with Crippen LogP contribution in [0.5, 0.6) is 0 Å². The number of hydrogen-bond acceptors (Lipinski definition) is 4. The molecule has 7 nitrogen and oxygen atoms in total. The standard InChI is InChI=1S/C15H22N4O3/c1-11-13(4-3-7-22-11)15(21)18-5-6-19(14(20)10-18)12-8-16-17(2)9-12/h8-9,11,13H,3-7,10H2,1-2H3. The van der Waals surface area contributed by atoms with Gasteiger partial charge in [-0.2, -0.15) is 5.10 Å². The van der Waals surface area contributed by atoms with E-state index in [1.165, 1.54) is 0 Å². The van der Waals surface area contributed by atoms with Crippen LogP contribution in [-0.4, -0.2) is 58.8 Å². The lowest BCUT2D eigenvalue weighted by Crippen LogP contribution is -2.55. The lowest BCUT2D eigenvalue weighted by atomic mass is 9.93. The van der Waals surface area contributed by atoms with E-state index in [9.17, 15) is 9.59 Å². The van der Waals surface area contributed by atoms with E-state index in [-0.39, 0.29) is 30.4 Å². The van der Waals surface area contributed by atoms with E-state index in [4.69, 9.17) is 4.74 Å². The minimum Gasteiger partial charge on any atom is -0.378 e. The number of aryl methyl sites for hydroxylation is 1. The molecule has 2 aliphatic rings. The van der Waals surface area contributed by atoms with Crippen LogP contribution >= 0.6 is 0 Å². The summed E-state index contributed by atoms with van der Waals surface area (Å²) in [6.07, 6.45) is 5.17. The highest BCUT2D eigenvalue weighted by molar-refractivity contribution is 5.98. The van der Waals surface area contributed by atoms with E-state index < -0.39 is 0 Å². The molecule has 2 atom stereocenters. The Balaban J connectivity index is 1.64. The maximum Gasteiger partial charge on any atom is 0.246 e. The predicted molar refractivity (Wildman–Crippen MR) is 80.3 cm³/mol. The number of anilines is 1. The van der Waals surface area contributed by atoms with E-state index in [1.807, 2.05) is 20.2 Å². The fourth-order valence-corrected chi connectivity index (χ4v) is 3.16. The summed E-state index contributed by atoms with van der Waals surface area (Å²) >= 11 is 0. The van der Waals surface area contributed by atoms with Crippen molar-refractivity contribution in [2.45, 2.75) is 25.9 Å². The van der Waals surface area contributed by atoms with Crippen LogP contribution in [-0.2, 0) is 21.4 Å². The first kappa shape index (κ1) is 15.0. The van der Waals surface area contributed by atoms with Gasteiger partial charge in [0.1, 0.15) is 6.54 Å². The molecule has 0 aromatic carbocycles. The number of ether oxygens (including phenoxy) is 1. The average Bonchev–Trinajstić information content (AvgIpc) is 2.93. The molecule has 2 fully saturated rings. The molecular weight excluding hydrogens is 284 g/mol. The Morgan fingerprint density at radius 2 is 2.23 bits per heavy atom. The minimum atomic E-state index is -0.119. The van der Waals surface area contributed by atoms with Gasteiger partial charge in [0.15, 0.2) is 0 Å². The Kier molecular flexibility index (Phi) is 4.15. The van der Waals surface area contributed by atoms with Crippen LogP contribution in [0.3, 0.4) is 0 Å². The van der Waals surface area contributed by atoms with Crippen LogP contribution in [0.4, 0.5) is 5.69 Å². The van der Waals surface area contributed by atoms with Crippen LogP contribution in [0.1, 0.15) is 19.8 Å². The number of carbonyl (C=O) groups excluding carboxylic acids is 2. The van der Waals surface area contributed by atoms with E-state index in [2.05, 4.69) is 5.10 Å². The third kappa shape index (κ3) is 2.85. The van der Waals surface area contributed by atoms with E-state index in [0.717, 1.165) is 25.1 Å². The van der Waals surface area contributed by atoms with Gasteiger partial charge in [-0.05, 0) is 19.8 Å². The molecule has 2 unspecified atom stereocenters. The van der Waals surface area contributed by atoms with Crippen LogP contribution in [0.25, 0.3) is 0 Å². The highest BCUT2D eigenvalue weighted by Gasteiger charge is 2.35. The van der Waals surface area contributed by atoms with Crippen molar-refractivity contribution < 1.29 is 14.3 Å². The van der Waals surface area contributed by atoms with Gasteiger partial charge >= 0.3 is 0 Å². The van der Waals surface area contributed by atoms with Gasteiger partial charge in [-0.25, -0.2) is 0 Å². The predicted octanol–water partition coefficient (Wildman–Crippen LogP) is 0.410. The lowest BCUT2D eigenvalue weighted by molar-refractivity contribution is -0.147. The van der Waals surface area contributed by atoms with E-state index >= 15 is 0 Å². The van der Waals surface area contributed by atoms with Gasteiger partial charge in [0, 0.05) is 32.9 Å². The van der Waals surface area contributed by atoms with Gasteiger partial charge < -0.3 is 14.5 Å². The largest absolute Gasteiger partial charge is 0.378 e. The Morgan fingerprint density at radius 1 is 1.41 bits per heavy atom. The maximum atomic E-state index is 12.6. The molecule has 2 aliphatic heterocycles. The molecule has 3 rings (SSSR count). The van der Waals surface area contributed by atoms with Crippen molar-refractivity contribution in [3.63, 3.8) is 0 Å². The third-order valence-corrected chi connectivity index (χ3v) is 4.46. The monoisotopic (exact) mass is 306 g/mol. The Labute approximate surface area is 129 Å². The molecule has 2 amide bonds. The number of carbonyl (C=O) groups is 2. The second-order valence-corrected chi connectivity index (χ2v) is 6.00. The number of rotatable bonds is 2. The molecule has 0 radical (unpaired) electrons. The van der Waals surface area contributed by atoms with Gasteiger partial charge in [0.05, 0.1) is 23.9 Å². The van der Waals surface area contributed by atoms with Crippen molar-refractivity contribution in [3.8, 4) is 0 Å². The molecular formula is C15H22N4O3. The van der Waals surface area contributed by atoms with Gasteiger partial charge in [-0.3, -0.25) is 14.3 Å². The van der Waals surface area contributed by atoms with Crippen LogP contribution < -0.4 is 4.90 Å². The summed E-state index contributed by atoms with van der Waals surface area (Å²) in [5.74, 6) is -0.130. The van der Waals surface area contributed by atoms with Crippen molar-refractivity contribution >= 4 is 17.5 Å². The highest BCUT2D eigenvalue weighted by atomic mass is 16.5. The Morgan fingerprint density at radius 3 is 2.86 bits per heavy atom. The summed E-state index contributed by atoms with van der Waals surface area (Å²) in [6.45, 7) is 3.87. The summed E-state index contributed by atoms with van der Waals surface area (Å²) in [6, 6.07) is 0. The molecule has 3 heterocycles. The van der Waals surface area contributed by atoms with Crippen molar-refractivity contribution in [1.82, 2.24) is 14.7 Å². The highest BCUT2D eigenvalue weighted by Crippen LogP contribution is 2.24. The second kappa shape index (κ2) is 6.08. The average molecular weight is 306 g/mol. The van der Waals surface area contributed by atoms with Crippen molar-refractivity contribution in [2.24, 2.45) is 13.0 Å². The summed E-state index contributed by atoms with van der Waals surface area (Å²) in [5, 5.41) is 4.09. The first-order valence-electron chi connectivity index (χ1n) is 7.75. The number of nitrogens with zero attached hydrogens (tertiary/aromatic N) is 4. The van der Waals surface area contributed by atoms with Gasteiger partial charge in [-0.1, -0.05) is 0 Å². The number of piperazine rings is 1. The zero-order valence-electron chi connectivity index (χ0n) is 13.1. The van der Waals surface area contributed by atoms with Gasteiger partial charge in [0.25, 0.3) is 0 Å². The van der Waals surface area contributed by atoms with Crippen LogP contribution in [0, 0.1) is 5.92 Å². The number of aromatic nitrogens is 2. The fraction of sp³-hybridized carbons (Fsp3) is 0.667. The molecule has 0 bridgehead atoms. The molecule has 7 heteroatoms. The van der Waals surface area contributed by atoms with E-state index in [1.54, 1.807) is 20.7 Å². The summed E-state index contributed by atoms with van der Waals surface area (Å²) in [7, 11) is 1.82. The van der Waals surface area contributed by atoms with Crippen molar-refractivity contribution in [3.05, 3.63) is 12.4 Å². The Hall–Kier alpha value is -1.89. The smallest absolute Gasteiger partial charge is 0.246 e. The molecule has 22 heavy (non-hydrogen) atoms. The SMILES string of the molecule is CC1OCCCC1C(=O)N1CCN(c2cnn(C)c2)C(=O)C1. The van der Waals surface area contributed by atoms with E-state index in [0.29, 0.717) is 13.1 Å². The molecule has 0 saturated carbocycles. The zero-order chi connectivity index (χ0) is 15.7.